The van der Waals surface area contributed by atoms with Crippen molar-refractivity contribution in [1.82, 2.24) is 9.88 Å². The van der Waals surface area contributed by atoms with E-state index in [1.165, 1.54) is 0 Å². The van der Waals surface area contributed by atoms with Crippen LogP contribution in [0.4, 0.5) is 0 Å². The highest BCUT2D eigenvalue weighted by Gasteiger charge is 2.07. The highest BCUT2D eigenvalue weighted by Crippen LogP contribution is 2.19. The van der Waals surface area contributed by atoms with E-state index in [2.05, 4.69) is 9.88 Å². The van der Waals surface area contributed by atoms with E-state index in [-0.39, 0.29) is 0 Å². The van der Waals surface area contributed by atoms with Gasteiger partial charge in [-0.2, -0.15) is 0 Å². The van der Waals surface area contributed by atoms with Gasteiger partial charge >= 0.3 is 0 Å². The van der Waals surface area contributed by atoms with Crippen LogP contribution in [0.3, 0.4) is 0 Å². The number of nitrogens with zero attached hydrogens (tertiary/aromatic N) is 2. The zero-order valence-electron chi connectivity index (χ0n) is 10.4. The summed E-state index contributed by atoms with van der Waals surface area (Å²) in [5, 5.41) is 1.61. The summed E-state index contributed by atoms with van der Waals surface area (Å²) in [4.78, 5) is 6.17. The molecule has 1 aromatic carbocycles. The Hall–Kier alpha value is -0.800. The zero-order valence-corrected chi connectivity index (χ0v) is 12.7. The number of pyridine rings is 1. The number of rotatable bonds is 4. The van der Waals surface area contributed by atoms with E-state index in [1.807, 2.05) is 37.4 Å². The minimum Gasteiger partial charge on any atom is -0.298 e. The van der Waals surface area contributed by atoms with Crippen LogP contribution in [0, 0.1) is 0 Å². The lowest BCUT2D eigenvalue weighted by Gasteiger charge is -2.17. The molecule has 2 aromatic rings. The fourth-order valence-electron chi connectivity index (χ4n) is 1.85. The van der Waals surface area contributed by atoms with Crippen molar-refractivity contribution in [2.45, 2.75) is 13.1 Å². The minimum absolute atomic E-state index is 0.409. The molecule has 0 bridgehead atoms. The third kappa shape index (κ3) is 4.36. The number of benzene rings is 1. The summed E-state index contributed by atoms with van der Waals surface area (Å²) in [7, 11) is 2.02. The molecule has 0 unspecified atom stereocenters. The molecule has 0 N–H and O–H groups in total. The van der Waals surface area contributed by atoms with Gasteiger partial charge in [-0.05, 0) is 30.8 Å². The van der Waals surface area contributed by atoms with Crippen molar-refractivity contribution in [3.8, 4) is 0 Å². The molecule has 1 heterocycles. The summed E-state index contributed by atoms with van der Waals surface area (Å²) in [5.74, 6) is 0. The van der Waals surface area contributed by atoms with Crippen LogP contribution in [0.15, 0.2) is 36.4 Å². The number of hydrogen-bond acceptors (Lipinski definition) is 2. The van der Waals surface area contributed by atoms with Crippen molar-refractivity contribution in [2.75, 3.05) is 7.05 Å². The monoisotopic (exact) mass is 314 g/mol. The molecule has 0 saturated heterocycles. The Bertz CT molecular complexity index is 572. The second-order valence-electron chi connectivity index (χ2n) is 4.39. The second kappa shape index (κ2) is 6.58. The third-order valence-corrected chi connectivity index (χ3v) is 3.45. The zero-order chi connectivity index (χ0) is 13.8. The first-order valence-corrected chi connectivity index (χ1v) is 6.92. The van der Waals surface area contributed by atoms with Crippen LogP contribution in [-0.4, -0.2) is 16.9 Å². The molecule has 0 aliphatic rings. The van der Waals surface area contributed by atoms with Crippen molar-refractivity contribution >= 4 is 34.8 Å². The van der Waals surface area contributed by atoms with Crippen molar-refractivity contribution < 1.29 is 0 Å². The van der Waals surface area contributed by atoms with Gasteiger partial charge in [-0.3, -0.25) is 4.90 Å². The van der Waals surface area contributed by atoms with Gasteiger partial charge in [-0.15, -0.1) is 0 Å². The molecule has 0 saturated carbocycles. The van der Waals surface area contributed by atoms with E-state index in [1.54, 1.807) is 6.07 Å². The predicted octanol–water partition coefficient (Wildman–Crippen LogP) is 4.67. The lowest BCUT2D eigenvalue weighted by molar-refractivity contribution is 0.319. The molecule has 0 aliphatic heterocycles. The Balaban J connectivity index is 2.03. The van der Waals surface area contributed by atoms with Crippen LogP contribution in [0.25, 0.3) is 0 Å². The first-order valence-electron chi connectivity index (χ1n) is 5.78. The Morgan fingerprint density at radius 1 is 1.05 bits per heavy atom. The average molecular weight is 316 g/mol. The van der Waals surface area contributed by atoms with E-state index in [0.717, 1.165) is 22.7 Å². The van der Waals surface area contributed by atoms with E-state index >= 15 is 0 Å². The van der Waals surface area contributed by atoms with Gasteiger partial charge in [0, 0.05) is 23.7 Å². The molecule has 0 spiro atoms. The lowest BCUT2D eigenvalue weighted by atomic mass is 10.2. The molecule has 0 atom stereocenters. The Kier molecular flexibility index (Phi) is 5.06. The fourth-order valence-corrected chi connectivity index (χ4v) is 2.47. The van der Waals surface area contributed by atoms with Gasteiger partial charge in [0.2, 0.25) is 0 Å². The summed E-state index contributed by atoms with van der Waals surface area (Å²) in [5.41, 5.74) is 2.11. The molecular formula is C14H13Cl3N2. The van der Waals surface area contributed by atoms with Crippen LogP contribution in [0.2, 0.25) is 15.3 Å². The van der Waals surface area contributed by atoms with Crippen molar-refractivity contribution in [1.29, 1.82) is 0 Å². The molecule has 1 aromatic heterocycles. The van der Waals surface area contributed by atoms with Gasteiger partial charge in [0.15, 0.2) is 0 Å². The summed E-state index contributed by atoms with van der Waals surface area (Å²) >= 11 is 17.8. The molecule has 0 aliphatic carbocycles. The maximum absolute atomic E-state index is 6.06. The maximum atomic E-state index is 6.06. The maximum Gasteiger partial charge on any atom is 0.135 e. The number of hydrogen-bond donors (Lipinski definition) is 0. The standard InChI is InChI=1S/C14H13Cl3N2/c1-19(8-10-3-2-4-12(15)7-10)9-11-5-6-13(16)18-14(11)17/h2-7H,8-9H2,1H3. The number of aromatic nitrogens is 1. The van der Waals surface area contributed by atoms with Crippen molar-refractivity contribution in [2.24, 2.45) is 0 Å². The van der Waals surface area contributed by atoms with Gasteiger partial charge < -0.3 is 0 Å². The summed E-state index contributed by atoms with van der Waals surface area (Å²) in [6.07, 6.45) is 0. The van der Waals surface area contributed by atoms with E-state index in [9.17, 15) is 0 Å². The van der Waals surface area contributed by atoms with Gasteiger partial charge in [0.05, 0.1) is 0 Å². The average Bonchev–Trinajstić information content (AvgIpc) is 2.33. The normalized spacial score (nSPS) is 11.0. The van der Waals surface area contributed by atoms with Crippen LogP contribution in [0.1, 0.15) is 11.1 Å². The minimum atomic E-state index is 0.409. The topological polar surface area (TPSA) is 16.1 Å². The molecule has 2 nitrogen and oxygen atoms in total. The van der Waals surface area contributed by atoms with Gasteiger partial charge in [0.25, 0.3) is 0 Å². The van der Waals surface area contributed by atoms with Crippen molar-refractivity contribution in [3.63, 3.8) is 0 Å². The van der Waals surface area contributed by atoms with Crippen LogP contribution >= 0.6 is 34.8 Å². The summed E-state index contributed by atoms with van der Waals surface area (Å²) in [6.45, 7) is 1.50. The first-order chi connectivity index (χ1) is 9.04. The molecule has 19 heavy (non-hydrogen) atoms. The van der Waals surface area contributed by atoms with Crippen LogP contribution in [-0.2, 0) is 13.1 Å². The Labute approximate surface area is 127 Å². The predicted molar refractivity (Wildman–Crippen MR) is 80.9 cm³/mol. The smallest absolute Gasteiger partial charge is 0.135 e. The van der Waals surface area contributed by atoms with Crippen LogP contribution < -0.4 is 0 Å². The molecule has 0 radical (unpaired) electrons. The largest absolute Gasteiger partial charge is 0.298 e. The molecule has 0 fully saturated rings. The van der Waals surface area contributed by atoms with E-state index < -0.39 is 0 Å². The van der Waals surface area contributed by atoms with Crippen LogP contribution in [0.5, 0.6) is 0 Å². The Morgan fingerprint density at radius 2 is 1.84 bits per heavy atom. The lowest BCUT2D eigenvalue weighted by Crippen LogP contribution is -2.17. The Morgan fingerprint density at radius 3 is 2.53 bits per heavy atom. The van der Waals surface area contributed by atoms with Gasteiger partial charge in [-0.25, -0.2) is 4.98 Å². The van der Waals surface area contributed by atoms with Crippen molar-refractivity contribution in [3.05, 3.63) is 62.9 Å². The first kappa shape index (κ1) is 14.6. The van der Waals surface area contributed by atoms with Gasteiger partial charge in [0.1, 0.15) is 10.3 Å². The van der Waals surface area contributed by atoms with Gasteiger partial charge in [-0.1, -0.05) is 53.0 Å². The van der Waals surface area contributed by atoms with E-state index in [4.69, 9.17) is 34.8 Å². The molecule has 0 amide bonds. The van der Waals surface area contributed by atoms with E-state index in [0.29, 0.717) is 16.9 Å². The highest BCUT2D eigenvalue weighted by atomic mass is 35.5. The number of halogens is 3. The third-order valence-electron chi connectivity index (χ3n) is 2.67. The summed E-state index contributed by atoms with van der Waals surface area (Å²) < 4.78 is 0. The molecule has 100 valence electrons. The SMILES string of the molecule is CN(Cc1cccc(Cl)c1)Cc1ccc(Cl)nc1Cl. The quantitative estimate of drug-likeness (QED) is 0.762. The highest BCUT2D eigenvalue weighted by molar-refractivity contribution is 6.32. The molecule has 5 heteroatoms. The molecule has 2 rings (SSSR count). The second-order valence-corrected chi connectivity index (χ2v) is 5.57. The summed E-state index contributed by atoms with van der Waals surface area (Å²) in [6, 6.07) is 11.5. The molecular weight excluding hydrogens is 303 g/mol. The fraction of sp³-hybridized carbons (Fsp3) is 0.214.